The van der Waals surface area contributed by atoms with Gasteiger partial charge in [-0.2, -0.15) is 0 Å². The highest BCUT2D eigenvalue weighted by atomic mass is 32.2. The number of amides is 2. The Kier molecular flexibility index (Phi) is 5.14. The van der Waals surface area contributed by atoms with Crippen LogP contribution in [-0.4, -0.2) is 32.2 Å². The van der Waals surface area contributed by atoms with Gasteiger partial charge in [0.1, 0.15) is 5.82 Å². The van der Waals surface area contributed by atoms with Gasteiger partial charge in [-0.25, -0.2) is 18.2 Å². The van der Waals surface area contributed by atoms with Crippen LogP contribution in [0.5, 0.6) is 0 Å². The van der Waals surface area contributed by atoms with E-state index in [9.17, 15) is 13.2 Å². The van der Waals surface area contributed by atoms with Crippen molar-refractivity contribution >= 4 is 32.5 Å². The molecule has 27 heavy (non-hydrogen) atoms. The molecule has 140 valence electrons. The lowest BCUT2D eigenvalue weighted by molar-refractivity contribution is 0.252. The fourth-order valence-electron chi connectivity index (χ4n) is 2.89. The summed E-state index contributed by atoms with van der Waals surface area (Å²) in [6, 6.07) is 12.4. The summed E-state index contributed by atoms with van der Waals surface area (Å²) < 4.78 is 23.3. The van der Waals surface area contributed by atoms with E-state index in [1.54, 1.807) is 30.5 Å². The van der Waals surface area contributed by atoms with E-state index in [4.69, 9.17) is 0 Å². The Bertz CT molecular complexity index is 1110. The number of nitrogens with zero attached hydrogens (tertiary/aromatic N) is 1. The number of nitrogens with one attached hydrogen (secondary N) is 2. The topological polar surface area (TPSA) is 88.2 Å². The molecule has 2 aromatic carbocycles. The fraction of sp³-hybridized carbons (Fsp3) is 0.200. The third-order valence-electron chi connectivity index (χ3n) is 4.24. The Morgan fingerprint density at radius 2 is 1.78 bits per heavy atom. The van der Waals surface area contributed by atoms with E-state index in [-0.39, 0.29) is 6.03 Å². The maximum atomic E-state index is 11.7. The number of sulfone groups is 1. The van der Waals surface area contributed by atoms with Gasteiger partial charge >= 0.3 is 6.03 Å². The van der Waals surface area contributed by atoms with Crippen LogP contribution >= 0.6 is 0 Å². The molecule has 1 heterocycles. The maximum Gasteiger partial charge on any atom is 0.320 e. The summed E-state index contributed by atoms with van der Waals surface area (Å²) in [6.45, 7) is 4.37. The van der Waals surface area contributed by atoms with E-state index in [1.165, 1.54) is 6.26 Å². The lowest BCUT2D eigenvalue weighted by Gasteiger charge is -2.10. The highest BCUT2D eigenvalue weighted by Gasteiger charge is 2.09. The van der Waals surface area contributed by atoms with Crippen LogP contribution in [0.1, 0.15) is 12.5 Å². The van der Waals surface area contributed by atoms with E-state index in [1.807, 2.05) is 32.0 Å². The van der Waals surface area contributed by atoms with Crippen molar-refractivity contribution in [2.75, 3.05) is 18.1 Å². The highest BCUT2D eigenvalue weighted by Crippen LogP contribution is 2.29. The third-order valence-corrected chi connectivity index (χ3v) is 5.37. The lowest BCUT2D eigenvalue weighted by Crippen LogP contribution is -2.28. The van der Waals surface area contributed by atoms with Crippen molar-refractivity contribution in [3.05, 3.63) is 54.2 Å². The van der Waals surface area contributed by atoms with Crippen molar-refractivity contribution < 1.29 is 13.2 Å². The number of carbonyl (C=O) groups is 1. The molecule has 3 aromatic rings. The fourth-order valence-corrected chi connectivity index (χ4v) is 3.52. The first-order chi connectivity index (χ1) is 12.8. The van der Waals surface area contributed by atoms with Crippen LogP contribution < -0.4 is 10.6 Å². The number of carbonyl (C=O) groups excluding carboxylic acids is 1. The van der Waals surface area contributed by atoms with Gasteiger partial charge in [0.15, 0.2) is 9.84 Å². The number of hydrogen-bond donors (Lipinski definition) is 2. The van der Waals surface area contributed by atoms with E-state index in [0.29, 0.717) is 17.3 Å². The van der Waals surface area contributed by atoms with Crippen LogP contribution in [0, 0.1) is 6.92 Å². The van der Waals surface area contributed by atoms with Gasteiger partial charge in [0.2, 0.25) is 0 Å². The van der Waals surface area contributed by atoms with Gasteiger partial charge < -0.3 is 5.32 Å². The molecule has 0 saturated heterocycles. The van der Waals surface area contributed by atoms with Crippen molar-refractivity contribution in [2.24, 2.45) is 0 Å². The minimum atomic E-state index is -3.22. The van der Waals surface area contributed by atoms with Crippen molar-refractivity contribution in [2.45, 2.75) is 18.7 Å². The number of benzene rings is 2. The molecule has 6 nitrogen and oxygen atoms in total. The quantitative estimate of drug-likeness (QED) is 0.718. The molecule has 0 unspecified atom stereocenters. The summed E-state index contributed by atoms with van der Waals surface area (Å²) in [5.74, 6) is 0.470. The van der Waals surface area contributed by atoms with E-state index >= 15 is 0 Å². The van der Waals surface area contributed by atoms with Crippen LogP contribution in [0.15, 0.2) is 53.6 Å². The van der Waals surface area contributed by atoms with Crippen LogP contribution in [0.4, 0.5) is 10.6 Å². The summed E-state index contributed by atoms with van der Waals surface area (Å²) in [4.78, 5) is 16.3. The molecule has 0 aliphatic heterocycles. The summed E-state index contributed by atoms with van der Waals surface area (Å²) in [6.07, 6.45) is 2.93. The number of rotatable bonds is 4. The van der Waals surface area contributed by atoms with Crippen molar-refractivity contribution in [1.82, 2.24) is 10.3 Å². The van der Waals surface area contributed by atoms with Crippen molar-refractivity contribution in [1.29, 1.82) is 0 Å². The molecule has 0 bridgehead atoms. The van der Waals surface area contributed by atoms with Gasteiger partial charge in [-0.15, -0.1) is 0 Å². The number of aromatic nitrogens is 1. The zero-order valence-corrected chi connectivity index (χ0v) is 16.2. The van der Waals surface area contributed by atoms with Gasteiger partial charge in [0.05, 0.1) is 4.90 Å². The molecule has 0 aliphatic carbocycles. The monoisotopic (exact) mass is 383 g/mol. The SMILES string of the molecule is CCNC(=O)Nc1cc2cc(-c3ccc(S(C)(=O)=O)cc3)cc(C)c2cn1. The molecule has 1 aromatic heterocycles. The van der Waals surface area contributed by atoms with E-state index in [2.05, 4.69) is 15.6 Å². The second-order valence-corrected chi connectivity index (χ2v) is 8.38. The Morgan fingerprint density at radius 1 is 1.07 bits per heavy atom. The Hall–Kier alpha value is -2.93. The van der Waals surface area contributed by atoms with Crippen molar-refractivity contribution in [3.63, 3.8) is 0 Å². The Balaban J connectivity index is 2.00. The average molecular weight is 383 g/mol. The zero-order chi connectivity index (χ0) is 19.6. The smallest absolute Gasteiger partial charge is 0.320 e. The molecular weight excluding hydrogens is 362 g/mol. The van der Waals surface area contributed by atoms with Gasteiger partial charge in [0, 0.05) is 24.4 Å². The average Bonchev–Trinajstić information content (AvgIpc) is 2.61. The van der Waals surface area contributed by atoms with Gasteiger partial charge in [-0.05, 0) is 60.2 Å². The molecule has 0 atom stereocenters. The number of fused-ring (bicyclic) bond motifs is 1. The normalized spacial score (nSPS) is 11.4. The molecule has 2 N–H and O–H groups in total. The summed E-state index contributed by atoms with van der Waals surface area (Å²) >= 11 is 0. The molecule has 0 spiro atoms. The summed E-state index contributed by atoms with van der Waals surface area (Å²) in [5, 5.41) is 7.32. The van der Waals surface area contributed by atoms with E-state index in [0.717, 1.165) is 27.5 Å². The minimum absolute atomic E-state index is 0.293. The predicted molar refractivity (Wildman–Crippen MR) is 108 cm³/mol. The van der Waals surface area contributed by atoms with Crippen LogP contribution in [-0.2, 0) is 9.84 Å². The third kappa shape index (κ3) is 4.25. The Labute approximate surface area is 158 Å². The number of aryl methyl sites for hydroxylation is 1. The largest absolute Gasteiger partial charge is 0.338 e. The van der Waals surface area contributed by atoms with Crippen LogP contribution in [0.2, 0.25) is 0 Å². The van der Waals surface area contributed by atoms with Crippen molar-refractivity contribution in [3.8, 4) is 11.1 Å². The molecule has 0 saturated carbocycles. The number of hydrogen-bond acceptors (Lipinski definition) is 4. The van der Waals surface area contributed by atoms with Gasteiger partial charge in [-0.3, -0.25) is 5.32 Å². The zero-order valence-electron chi connectivity index (χ0n) is 15.4. The van der Waals surface area contributed by atoms with E-state index < -0.39 is 9.84 Å². The molecule has 7 heteroatoms. The Morgan fingerprint density at radius 3 is 2.41 bits per heavy atom. The second-order valence-electron chi connectivity index (χ2n) is 6.36. The number of pyridine rings is 1. The number of urea groups is 1. The predicted octanol–water partition coefficient (Wildman–Crippen LogP) is 3.76. The molecule has 2 amide bonds. The van der Waals surface area contributed by atoms with Crippen LogP contribution in [0.3, 0.4) is 0 Å². The first-order valence-corrected chi connectivity index (χ1v) is 10.4. The molecule has 0 fully saturated rings. The van der Waals surface area contributed by atoms with Crippen LogP contribution in [0.25, 0.3) is 21.9 Å². The van der Waals surface area contributed by atoms with Gasteiger partial charge in [0.25, 0.3) is 0 Å². The first-order valence-electron chi connectivity index (χ1n) is 8.53. The first kappa shape index (κ1) is 18.8. The number of anilines is 1. The standard InChI is InChI=1S/C20H21N3O3S/c1-4-21-20(24)23-19-11-16-10-15(9-13(2)18(16)12-22-19)14-5-7-17(8-6-14)27(3,25)26/h5-12H,4H2,1-3H3,(H2,21,22,23,24). The summed E-state index contributed by atoms with van der Waals surface area (Å²) in [5.41, 5.74) is 2.93. The molecule has 0 aliphatic rings. The lowest BCUT2D eigenvalue weighted by atomic mass is 9.98. The molecule has 0 radical (unpaired) electrons. The molecule has 3 rings (SSSR count). The summed E-state index contributed by atoms with van der Waals surface area (Å²) in [7, 11) is -3.22. The minimum Gasteiger partial charge on any atom is -0.338 e. The van der Waals surface area contributed by atoms with Gasteiger partial charge in [-0.1, -0.05) is 18.2 Å². The maximum absolute atomic E-state index is 11.7. The second kappa shape index (κ2) is 7.36. The highest BCUT2D eigenvalue weighted by molar-refractivity contribution is 7.90. The molecular formula is C20H21N3O3S.